The Hall–Kier alpha value is -0.790. The first-order valence-electron chi connectivity index (χ1n) is 4.19. The van der Waals surface area contributed by atoms with E-state index in [4.69, 9.17) is 5.21 Å². The van der Waals surface area contributed by atoms with Gasteiger partial charge in [-0.05, 0) is 25.7 Å². The maximum atomic E-state index is 8.45. The van der Waals surface area contributed by atoms with Crippen molar-refractivity contribution in [2.75, 3.05) is 0 Å². The van der Waals surface area contributed by atoms with Crippen LogP contribution >= 0.6 is 0 Å². The molecular formula is C9H17NO. The molecule has 64 valence electrons. The minimum absolute atomic E-state index is 0.844. The minimum Gasteiger partial charge on any atom is -0.411 e. The number of rotatable bonds is 5. The van der Waals surface area contributed by atoms with Crippen LogP contribution < -0.4 is 0 Å². The highest BCUT2D eigenvalue weighted by Crippen LogP contribution is 1.98. The van der Waals surface area contributed by atoms with Crippen molar-refractivity contribution in [3.05, 3.63) is 12.2 Å². The van der Waals surface area contributed by atoms with Gasteiger partial charge in [0.05, 0.1) is 5.71 Å². The zero-order valence-corrected chi connectivity index (χ0v) is 7.38. The van der Waals surface area contributed by atoms with Crippen molar-refractivity contribution in [1.82, 2.24) is 0 Å². The molecule has 1 N–H and O–H groups in total. The summed E-state index contributed by atoms with van der Waals surface area (Å²) in [6.07, 6.45) is 8.05. The average molecular weight is 155 g/mol. The van der Waals surface area contributed by atoms with Crippen LogP contribution in [0.5, 0.6) is 0 Å². The molecular weight excluding hydrogens is 138 g/mol. The molecule has 0 heterocycles. The molecule has 0 bridgehead atoms. The molecule has 2 heteroatoms. The summed E-state index contributed by atoms with van der Waals surface area (Å²) in [5.41, 5.74) is 0.880. The van der Waals surface area contributed by atoms with Crippen LogP contribution in [0.1, 0.15) is 39.5 Å². The number of hydrogen-bond donors (Lipinski definition) is 1. The van der Waals surface area contributed by atoms with Gasteiger partial charge in [0, 0.05) is 0 Å². The van der Waals surface area contributed by atoms with Crippen LogP contribution in [0.3, 0.4) is 0 Å². The van der Waals surface area contributed by atoms with Gasteiger partial charge in [-0.25, -0.2) is 0 Å². The maximum Gasteiger partial charge on any atom is 0.0571 e. The van der Waals surface area contributed by atoms with Crippen molar-refractivity contribution in [2.24, 2.45) is 5.16 Å². The Labute approximate surface area is 68.6 Å². The van der Waals surface area contributed by atoms with Gasteiger partial charge >= 0.3 is 0 Å². The predicted octanol–water partition coefficient (Wildman–Crippen LogP) is 2.97. The minimum atomic E-state index is 0.844. The van der Waals surface area contributed by atoms with E-state index in [1.807, 2.05) is 6.92 Å². The molecule has 0 amide bonds. The summed E-state index contributed by atoms with van der Waals surface area (Å²) in [5.74, 6) is 0. The standard InChI is InChI=1S/C9H17NO/c1-3-5-6-7-8-9(4-2)10-11/h5-6,11H,3-4,7-8H2,1-2H3/b6-5+,10-9-. The van der Waals surface area contributed by atoms with E-state index in [0.717, 1.165) is 31.4 Å². The van der Waals surface area contributed by atoms with Crippen LogP contribution in [0.15, 0.2) is 17.3 Å². The maximum absolute atomic E-state index is 8.45. The lowest BCUT2D eigenvalue weighted by molar-refractivity contribution is 0.316. The summed E-state index contributed by atoms with van der Waals surface area (Å²) >= 11 is 0. The summed E-state index contributed by atoms with van der Waals surface area (Å²) in [5, 5.41) is 11.6. The van der Waals surface area contributed by atoms with E-state index in [-0.39, 0.29) is 0 Å². The summed E-state index contributed by atoms with van der Waals surface area (Å²) in [7, 11) is 0. The lowest BCUT2D eigenvalue weighted by Gasteiger charge is -1.95. The van der Waals surface area contributed by atoms with Gasteiger partial charge in [0.2, 0.25) is 0 Å². The van der Waals surface area contributed by atoms with Crippen LogP contribution in [0.4, 0.5) is 0 Å². The number of hydrogen-bond acceptors (Lipinski definition) is 2. The van der Waals surface area contributed by atoms with Gasteiger partial charge in [0.15, 0.2) is 0 Å². The second-order valence-electron chi connectivity index (χ2n) is 2.44. The molecule has 0 aromatic heterocycles. The van der Waals surface area contributed by atoms with Crippen LogP contribution in [-0.2, 0) is 0 Å². The third kappa shape index (κ3) is 5.64. The summed E-state index contributed by atoms with van der Waals surface area (Å²) in [6, 6.07) is 0. The van der Waals surface area contributed by atoms with Gasteiger partial charge in [-0.15, -0.1) is 0 Å². The molecule has 0 aromatic carbocycles. The zero-order chi connectivity index (χ0) is 8.53. The Bertz CT molecular complexity index is 138. The van der Waals surface area contributed by atoms with E-state index in [9.17, 15) is 0 Å². The van der Waals surface area contributed by atoms with Gasteiger partial charge in [0.1, 0.15) is 0 Å². The Morgan fingerprint density at radius 3 is 2.55 bits per heavy atom. The molecule has 2 nitrogen and oxygen atoms in total. The number of oxime groups is 1. The molecule has 0 radical (unpaired) electrons. The Morgan fingerprint density at radius 2 is 2.09 bits per heavy atom. The van der Waals surface area contributed by atoms with Gasteiger partial charge in [-0.3, -0.25) is 0 Å². The van der Waals surface area contributed by atoms with Gasteiger partial charge in [-0.1, -0.05) is 31.2 Å². The molecule has 0 aliphatic rings. The van der Waals surface area contributed by atoms with E-state index >= 15 is 0 Å². The summed E-state index contributed by atoms with van der Waals surface area (Å²) in [4.78, 5) is 0. The van der Waals surface area contributed by atoms with Crippen molar-refractivity contribution >= 4 is 5.71 Å². The quantitative estimate of drug-likeness (QED) is 0.281. The lowest BCUT2D eigenvalue weighted by atomic mass is 10.1. The molecule has 0 aliphatic heterocycles. The first-order valence-corrected chi connectivity index (χ1v) is 4.19. The number of nitrogens with zero attached hydrogens (tertiary/aromatic N) is 1. The van der Waals surface area contributed by atoms with Crippen molar-refractivity contribution in [3.63, 3.8) is 0 Å². The first kappa shape index (κ1) is 10.2. The van der Waals surface area contributed by atoms with Gasteiger partial charge in [0.25, 0.3) is 0 Å². The molecule has 11 heavy (non-hydrogen) atoms. The highest BCUT2D eigenvalue weighted by Gasteiger charge is 1.92. The average Bonchev–Trinajstić information content (AvgIpc) is 2.05. The van der Waals surface area contributed by atoms with Crippen LogP contribution in [0.2, 0.25) is 0 Å². The fourth-order valence-electron chi connectivity index (χ4n) is 0.832. The molecule has 0 aliphatic carbocycles. The van der Waals surface area contributed by atoms with E-state index in [0.29, 0.717) is 0 Å². The van der Waals surface area contributed by atoms with E-state index < -0.39 is 0 Å². The van der Waals surface area contributed by atoms with E-state index in [2.05, 4.69) is 24.2 Å². The Kier molecular flexibility index (Phi) is 6.79. The second-order valence-corrected chi connectivity index (χ2v) is 2.44. The second kappa shape index (κ2) is 7.32. The molecule has 0 atom stereocenters. The fraction of sp³-hybridized carbons (Fsp3) is 0.667. The van der Waals surface area contributed by atoms with E-state index in [1.54, 1.807) is 0 Å². The lowest BCUT2D eigenvalue weighted by Crippen LogP contribution is -1.94. The van der Waals surface area contributed by atoms with Crippen LogP contribution in [0.25, 0.3) is 0 Å². The van der Waals surface area contributed by atoms with Crippen molar-refractivity contribution in [1.29, 1.82) is 0 Å². The predicted molar refractivity (Wildman–Crippen MR) is 48.2 cm³/mol. The third-order valence-electron chi connectivity index (χ3n) is 1.55. The highest BCUT2D eigenvalue weighted by molar-refractivity contribution is 5.83. The molecule has 0 rings (SSSR count). The number of allylic oxidation sites excluding steroid dienone is 2. The summed E-state index contributed by atoms with van der Waals surface area (Å²) in [6.45, 7) is 4.11. The first-order chi connectivity index (χ1) is 5.35. The van der Waals surface area contributed by atoms with Gasteiger partial charge in [-0.2, -0.15) is 0 Å². The molecule has 0 saturated carbocycles. The highest BCUT2D eigenvalue weighted by atomic mass is 16.4. The Morgan fingerprint density at radius 1 is 1.36 bits per heavy atom. The monoisotopic (exact) mass is 155 g/mol. The molecule has 0 saturated heterocycles. The SMILES string of the molecule is CC/C=C/CC/C(CC)=N\O. The van der Waals surface area contributed by atoms with Gasteiger partial charge < -0.3 is 5.21 Å². The van der Waals surface area contributed by atoms with Crippen molar-refractivity contribution in [3.8, 4) is 0 Å². The largest absolute Gasteiger partial charge is 0.411 e. The molecule has 0 unspecified atom stereocenters. The fourth-order valence-corrected chi connectivity index (χ4v) is 0.832. The zero-order valence-electron chi connectivity index (χ0n) is 7.38. The molecule has 0 aromatic rings. The third-order valence-corrected chi connectivity index (χ3v) is 1.55. The molecule has 0 spiro atoms. The smallest absolute Gasteiger partial charge is 0.0571 e. The normalized spacial score (nSPS) is 12.7. The topological polar surface area (TPSA) is 32.6 Å². The van der Waals surface area contributed by atoms with Crippen molar-refractivity contribution < 1.29 is 5.21 Å². The van der Waals surface area contributed by atoms with E-state index in [1.165, 1.54) is 0 Å². The van der Waals surface area contributed by atoms with Crippen LogP contribution in [0, 0.1) is 0 Å². The summed E-state index contributed by atoms with van der Waals surface area (Å²) < 4.78 is 0. The molecule has 0 fully saturated rings. The Balaban J connectivity index is 3.44. The van der Waals surface area contributed by atoms with Crippen molar-refractivity contribution in [2.45, 2.75) is 39.5 Å². The van der Waals surface area contributed by atoms with Crippen LogP contribution in [-0.4, -0.2) is 10.9 Å².